The van der Waals surface area contributed by atoms with Gasteiger partial charge >= 0.3 is 5.69 Å². The molecule has 0 bridgehead atoms. The Hall–Kier alpha value is -1.26. The zero-order chi connectivity index (χ0) is 14.1. The number of aromatic nitrogens is 2. The third-order valence-electron chi connectivity index (χ3n) is 4.25. The first kappa shape index (κ1) is 13.7. The lowest BCUT2D eigenvalue weighted by atomic mass is 9.98. The summed E-state index contributed by atoms with van der Waals surface area (Å²) in [6.45, 7) is 6.32. The van der Waals surface area contributed by atoms with Gasteiger partial charge in [0.25, 0.3) is 0 Å². The Morgan fingerprint density at radius 1 is 1.45 bits per heavy atom. The number of fused-ring (bicyclic) bond motifs is 1. The minimum atomic E-state index is -0.0540. The van der Waals surface area contributed by atoms with Gasteiger partial charge in [0.15, 0.2) is 0 Å². The standard InChI is InChI=1S/C15H20ClN3O/c1-2-18-8-4-5-11(9-18)10-19-13-7-3-6-12(16)14(13)17-15(19)20/h3,6-7,11H,2,4-5,8-10H2,1H3,(H,17,20). The van der Waals surface area contributed by atoms with Crippen LogP contribution in [0, 0.1) is 5.92 Å². The highest BCUT2D eigenvalue weighted by molar-refractivity contribution is 6.34. The van der Waals surface area contributed by atoms with Gasteiger partial charge in [-0.05, 0) is 44.0 Å². The summed E-state index contributed by atoms with van der Waals surface area (Å²) in [6.07, 6.45) is 2.41. The predicted octanol–water partition coefficient (Wildman–Crippen LogP) is 2.71. The molecular weight excluding hydrogens is 274 g/mol. The molecule has 0 radical (unpaired) electrons. The first-order chi connectivity index (χ1) is 9.69. The molecule has 1 aromatic heterocycles. The molecule has 1 N–H and O–H groups in total. The van der Waals surface area contributed by atoms with Crippen molar-refractivity contribution >= 4 is 22.6 Å². The van der Waals surface area contributed by atoms with Gasteiger partial charge in [0, 0.05) is 13.1 Å². The zero-order valence-corrected chi connectivity index (χ0v) is 12.5. The van der Waals surface area contributed by atoms with Crippen molar-refractivity contribution in [1.82, 2.24) is 14.5 Å². The van der Waals surface area contributed by atoms with Gasteiger partial charge in [-0.1, -0.05) is 24.6 Å². The van der Waals surface area contributed by atoms with Crippen molar-refractivity contribution in [1.29, 1.82) is 0 Å². The maximum atomic E-state index is 12.2. The second-order valence-electron chi connectivity index (χ2n) is 5.58. The van der Waals surface area contributed by atoms with E-state index in [0.29, 0.717) is 10.9 Å². The lowest BCUT2D eigenvalue weighted by Gasteiger charge is -2.31. The van der Waals surface area contributed by atoms with Crippen LogP contribution < -0.4 is 5.69 Å². The minimum absolute atomic E-state index is 0.0540. The highest BCUT2D eigenvalue weighted by Gasteiger charge is 2.21. The molecule has 1 aromatic carbocycles. The molecule has 1 saturated heterocycles. The van der Waals surface area contributed by atoms with Crippen molar-refractivity contribution in [2.75, 3.05) is 19.6 Å². The first-order valence-corrected chi connectivity index (χ1v) is 7.66. The van der Waals surface area contributed by atoms with Crippen LogP contribution in [0.4, 0.5) is 0 Å². The maximum absolute atomic E-state index is 12.2. The molecule has 2 heterocycles. The fraction of sp³-hybridized carbons (Fsp3) is 0.533. The third-order valence-corrected chi connectivity index (χ3v) is 4.57. The molecule has 1 atom stereocenters. The summed E-state index contributed by atoms with van der Waals surface area (Å²) in [6, 6.07) is 5.66. The molecule has 20 heavy (non-hydrogen) atoms. The second-order valence-corrected chi connectivity index (χ2v) is 5.98. The fourth-order valence-corrected chi connectivity index (χ4v) is 3.39. The first-order valence-electron chi connectivity index (χ1n) is 7.28. The van der Waals surface area contributed by atoms with Crippen LogP contribution in [0.3, 0.4) is 0 Å². The number of imidazole rings is 1. The fourth-order valence-electron chi connectivity index (χ4n) is 3.17. The van der Waals surface area contributed by atoms with Gasteiger partial charge in [0.05, 0.1) is 16.1 Å². The summed E-state index contributed by atoms with van der Waals surface area (Å²) in [7, 11) is 0. The molecule has 108 valence electrons. The SMILES string of the molecule is CCN1CCCC(Cn2c(=O)[nH]c3c(Cl)cccc32)C1. The molecule has 3 rings (SSSR count). The van der Waals surface area contributed by atoms with Crippen LogP contribution in [0.2, 0.25) is 5.02 Å². The molecule has 1 aliphatic rings. The van der Waals surface area contributed by atoms with E-state index in [4.69, 9.17) is 11.6 Å². The number of benzene rings is 1. The number of hydrogen-bond acceptors (Lipinski definition) is 2. The van der Waals surface area contributed by atoms with Crippen molar-refractivity contribution in [2.24, 2.45) is 5.92 Å². The van der Waals surface area contributed by atoms with Crippen molar-refractivity contribution in [2.45, 2.75) is 26.3 Å². The van der Waals surface area contributed by atoms with Crippen LogP contribution in [0.15, 0.2) is 23.0 Å². The number of piperidine rings is 1. The molecule has 1 fully saturated rings. The average molecular weight is 294 g/mol. The molecule has 0 aliphatic carbocycles. The van der Waals surface area contributed by atoms with Crippen molar-refractivity contribution in [3.8, 4) is 0 Å². The molecular formula is C15H20ClN3O. The molecule has 1 aliphatic heterocycles. The lowest BCUT2D eigenvalue weighted by molar-refractivity contribution is 0.170. The van der Waals surface area contributed by atoms with Gasteiger partial charge in [0.1, 0.15) is 0 Å². The van der Waals surface area contributed by atoms with Crippen LogP contribution in [0.1, 0.15) is 19.8 Å². The number of nitrogens with one attached hydrogen (secondary N) is 1. The number of aromatic amines is 1. The summed E-state index contributed by atoms with van der Waals surface area (Å²) in [5.41, 5.74) is 1.61. The Morgan fingerprint density at radius 2 is 2.30 bits per heavy atom. The number of nitrogens with zero attached hydrogens (tertiary/aromatic N) is 2. The summed E-state index contributed by atoms with van der Waals surface area (Å²) < 4.78 is 1.84. The number of para-hydroxylation sites is 1. The highest BCUT2D eigenvalue weighted by Crippen LogP contribution is 2.23. The van der Waals surface area contributed by atoms with E-state index in [1.54, 1.807) is 0 Å². The smallest absolute Gasteiger partial charge is 0.304 e. The Bertz CT molecular complexity index is 661. The van der Waals surface area contributed by atoms with Crippen LogP contribution in [0.25, 0.3) is 11.0 Å². The van der Waals surface area contributed by atoms with Crippen LogP contribution in [-0.2, 0) is 6.54 Å². The number of hydrogen-bond donors (Lipinski definition) is 1. The van der Waals surface area contributed by atoms with Gasteiger partial charge in [-0.2, -0.15) is 0 Å². The van der Waals surface area contributed by atoms with Crippen molar-refractivity contribution < 1.29 is 0 Å². The minimum Gasteiger partial charge on any atom is -0.304 e. The van der Waals surface area contributed by atoms with E-state index in [1.165, 1.54) is 19.4 Å². The average Bonchev–Trinajstić information content (AvgIpc) is 2.78. The Kier molecular flexibility index (Phi) is 3.85. The number of halogens is 1. The van der Waals surface area contributed by atoms with Crippen LogP contribution >= 0.6 is 11.6 Å². The molecule has 4 nitrogen and oxygen atoms in total. The topological polar surface area (TPSA) is 41.0 Å². The van der Waals surface area contributed by atoms with Gasteiger partial charge in [-0.25, -0.2) is 4.79 Å². The van der Waals surface area contributed by atoms with Crippen molar-refractivity contribution in [3.63, 3.8) is 0 Å². The van der Waals surface area contributed by atoms with E-state index in [0.717, 1.165) is 30.7 Å². The largest absolute Gasteiger partial charge is 0.326 e. The summed E-state index contributed by atoms with van der Waals surface area (Å²) in [5.74, 6) is 0.541. The maximum Gasteiger partial charge on any atom is 0.326 e. The second kappa shape index (κ2) is 5.62. The molecule has 2 aromatic rings. The number of likely N-dealkylation sites (tertiary alicyclic amines) is 1. The molecule has 0 spiro atoms. The van der Waals surface area contributed by atoms with E-state index in [9.17, 15) is 4.79 Å². The highest BCUT2D eigenvalue weighted by atomic mass is 35.5. The summed E-state index contributed by atoms with van der Waals surface area (Å²) >= 11 is 6.14. The van der Waals surface area contributed by atoms with Gasteiger partial charge in [-0.15, -0.1) is 0 Å². The normalized spacial score (nSPS) is 20.6. The number of H-pyrrole nitrogens is 1. The molecule has 0 saturated carbocycles. The molecule has 1 unspecified atom stereocenters. The predicted molar refractivity (Wildman–Crippen MR) is 82.4 cm³/mol. The van der Waals surface area contributed by atoms with Gasteiger partial charge in [0.2, 0.25) is 0 Å². The van der Waals surface area contributed by atoms with Crippen molar-refractivity contribution in [3.05, 3.63) is 33.7 Å². The quantitative estimate of drug-likeness (QED) is 0.945. The third kappa shape index (κ3) is 2.50. The Balaban J connectivity index is 1.89. The van der Waals surface area contributed by atoms with E-state index in [1.807, 2.05) is 22.8 Å². The monoisotopic (exact) mass is 293 g/mol. The summed E-state index contributed by atoms with van der Waals surface area (Å²) in [4.78, 5) is 17.5. The van der Waals surface area contributed by atoms with Gasteiger partial charge in [-0.3, -0.25) is 4.57 Å². The zero-order valence-electron chi connectivity index (χ0n) is 11.7. The summed E-state index contributed by atoms with van der Waals surface area (Å²) in [5, 5.41) is 0.608. The van der Waals surface area contributed by atoms with E-state index < -0.39 is 0 Å². The number of rotatable bonds is 3. The van der Waals surface area contributed by atoms with E-state index >= 15 is 0 Å². The Morgan fingerprint density at radius 3 is 3.10 bits per heavy atom. The molecule has 0 amide bonds. The van der Waals surface area contributed by atoms with Crippen LogP contribution in [-0.4, -0.2) is 34.1 Å². The van der Waals surface area contributed by atoms with E-state index in [2.05, 4.69) is 16.8 Å². The van der Waals surface area contributed by atoms with Gasteiger partial charge < -0.3 is 9.88 Å². The molecule has 5 heteroatoms. The lowest BCUT2D eigenvalue weighted by Crippen LogP contribution is -2.37. The Labute approximate surface area is 123 Å². The van der Waals surface area contributed by atoms with Crippen LogP contribution in [0.5, 0.6) is 0 Å². The van der Waals surface area contributed by atoms with E-state index in [-0.39, 0.29) is 5.69 Å².